The Labute approximate surface area is 122 Å². The van der Waals surface area contributed by atoms with Gasteiger partial charge in [0.25, 0.3) is 0 Å². The van der Waals surface area contributed by atoms with Crippen LogP contribution in [0.15, 0.2) is 0 Å². The molecule has 2 fully saturated rings. The van der Waals surface area contributed by atoms with Gasteiger partial charge in [0.05, 0.1) is 12.7 Å². The summed E-state index contributed by atoms with van der Waals surface area (Å²) in [6.45, 7) is 4.24. The largest absolute Gasteiger partial charge is 0.375 e. The predicted octanol–water partition coefficient (Wildman–Crippen LogP) is 1.87. The van der Waals surface area contributed by atoms with E-state index in [1.807, 2.05) is 6.92 Å². The lowest BCUT2D eigenvalue weighted by molar-refractivity contribution is -0.128. The van der Waals surface area contributed by atoms with Gasteiger partial charge in [0.15, 0.2) is 0 Å². The van der Waals surface area contributed by atoms with Crippen LogP contribution in [-0.4, -0.2) is 37.7 Å². The van der Waals surface area contributed by atoms with Crippen LogP contribution in [-0.2, 0) is 9.53 Å². The summed E-state index contributed by atoms with van der Waals surface area (Å²) in [6, 6.07) is -0.176. The molecule has 112 valence electrons. The Morgan fingerprint density at radius 1 is 1.32 bits per heavy atom. The third kappa shape index (κ3) is 5.28. The molecule has 0 aromatic heterocycles. The van der Waals surface area contributed by atoms with E-state index in [4.69, 9.17) is 4.74 Å². The predicted molar refractivity (Wildman–Crippen MR) is 78.7 cm³/mol. The van der Waals surface area contributed by atoms with Gasteiger partial charge in [-0.25, -0.2) is 0 Å². The van der Waals surface area contributed by atoms with Crippen LogP contribution in [0.4, 0.5) is 0 Å². The highest BCUT2D eigenvalue weighted by Crippen LogP contribution is 2.25. The molecule has 0 radical (unpaired) electrons. The van der Waals surface area contributed by atoms with E-state index in [1.165, 1.54) is 32.1 Å². The van der Waals surface area contributed by atoms with Crippen molar-refractivity contribution in [3.05, 3.63) is 0 Å². The van der Waals surface area contributed by atoms with Crippen LogP contribution in [0.2, 0.25) is 0 Å². The summed E-state index contributed by atoms with van der Waals surface area (Å²) < 4.78 is 5.48. The van der Waals surface area contributed by atoms with Gasteiger partial charge in [0.2, 0.25) is 5.91 Å². The van der Waals surface area contributed by atoms with Gasteiger partial charge in [-0.1, -0.05) is 32.1 Å². The van der Waals surface area contributed by atoms with Crippen molar-refractivity contribution in [2.75, 3.05) is 19.7 Å². The molecule has 1 amide bonds. The molecule has 2 atom stereocenters. The Morgan fingerprint density at radius 3 is 2.74 bits per heavy atom. The van der Waals surface area contributed by atoms with Crippen LogP contribution >= 0.6 is 12.4 Å². The molecule has 0 aromatic carbocycles. The van der Waals surface area contributed by atoms with E-state index in [0.29, 0.717) is 6.61 Å². The summed E-state index contributed by atoms with van der Waals surface area (Å²) in [4.78, 5) is 12.0. The molecule has 19 heavy (non-hydrogen) atoms. The Kier molecular flexibility index (Phi) is 7.73. The van der Waals surface area contributed by atoms with Gasteiger partial charge in [-0.2, -0.15) is 0 Å². The van der Waals surface area contributed by atoms with Crippen LogP contribution in [0.5, 0.6) is 0 Å². The van der Waals surface area contributed by atoms with Gasteiger partial charge in [-0.05, 0) is 19.3 Å². The minimum atomic E-state index is -0.176. The van der Waals surface area contributed by atoms with Crippen LogP contribution in [0.25, 0.3) is 0 Å². The molecule has 1 heterocycles. The zero-order valence-corrected chi connectivity index (χ0v) is 12.6. The van der Waals surface area contributed by atoms with Crippen molar-refractivity contribution in [1.82, 2.24) is 10.6 Å². The van der Waals surface area contributed by atoms with Gasteiger partial charge < -0.3 is 15.4 Å². The number of rotatable bonds is 4. The monoisotopic (exact) mass is 290 g/mol. The Hall–Kier alpha value is -0.320. The molecule has 0 unspecified atom stereocenters. The standard InChI is InChI=1S/C14H26N2O2.ClH/c1-11-13(15-9-10-18-11)14(17)16-8-7-12-5-3-2-4-6-12;/h11-13,15H,2-10H2,1H3,(H,16,17);1H/t11-,13+;/m1./s1. The number of amides is 1. The highest BCUT2D eigenvalue weighted by molar-refractivity contribution is 5.85. The topological polar surface area (TPSA) is 50.4 Å². The fraction of sp³-hybridized carbons (Fsp3) is 0.929. The number of nitrogens with one attached hydrogen (secondary N) is 2. The Balaban J connectivity index is 0.00000180. The third-order valence-electron chi connectivity index (χ3n) is 4.18. The van der Waals surface area contributed by atoms with Gasteiger partial charge in [-0.3, -0.25) is 4.79 Å². The van der Waals surface area contributed by atoms with Gasteiger partial charge in [0.1, 0.15) is 6.04 Å². The minimum Gasteiger partial charge on any atom is -0.375 e. The van der Waals surface area contributed by atoms with Crippen molar-refractivity contribution in [2.24, 2.45) is 5.92 Å². The van der Waals surface area contributed by atoms with Crippen molar-refractivity contribution in [1.29, 1.82) is 0 Å². The number of carbonyl (C=O) groups is 1. The molecule has 2 aliphatic rings. The highest BCUT2D eigenvalue weighted by atomic mass is 35.5. The average molecular weight is 291 g/mol. The number of hydrogen-bond donors (Lipinski definition) is 2. The fourth-order valence-corrected chi connectivity index (χ4v) is 3.01. The summed E-state index contributed by atoms with van der Waals surface area (Å²) >= 11 is 0. The first-order valence-electron chi connectivity index (χ1n) is 7.40. The first kappa shape index (κ1) is 16.7. The minimum absolute atomic E-state index is 0. The number of halogens is 1. The molecule has 0 spiro atoms. The average Bonchev–Trinajstić information content (AvgIpc) is 2.40. The SMILES string of the molecule is C[C@H]1OCCN[C@@H]1C(=O)NCCC1CCCCC1.Cl. The Bertz CT molecular complexity index is 270. The molecule has 1 saturated carbocycles. The maximum atomic E-state index is 12.0. The number of hydrogen-bond acceptors (Lipinski definition) is 3. The quantitative estimate of drug-likeness (QED) is 0.831. The second-order valence-corrected chi connectivity index (χ2v) is 5.59. The maximum absolute atomic E-state index is 12.0. The van der Waals surface area contributed by atoms with Gasteiger partial charge in [0, 0.05) is 13.1 Å². The first-order chi connectivity index (χ1) is 8.77. The highest BCUT2D eigenvalue weighted by Gasteiger charge is 2.28. The van der Waals surface area contributed by atoms with Crippen LogP contribution < -0.4 is 10.6 Å². The fourth-order valence-electron chi connectivity index (χ4n) is 3.01. The molecule has 2 rings (SSSR count). The van der Waals surface area contributed by atoms with Crippen molar-refractivity contribution in [3.63, 3.8) is 0 Å². The Morgan fingerprint density at radius 2 is 2.05 bits per heavy atom. The summed E-state index contributed by atoms with van der Waals surface area (Å²) in [6.07, 6.45) is 7.93. The summed E-state index contributed by atoms with van der Waals surface area (Å²) in [7, 11) is 0. The maximum Gasteiger partial charge on any atom is 0.239 e. The normalized spacial score (nSPS) is 28.5. The molecule has 1 saturated heterocycles. The summed E-state index contributed by atoms with van der Waals surface area (Å²) in [5.74, 6) is 0.921. The van der Waals surface area contributed by atoms with E-state index in [-0.39, 0.29) is 30.5 Å². The summed E-state index contributed by atoms with van der Waals surface area (Å²) in [5.41, 5.74) is 0. The number of carbonyl (C=O) groups excluding carboxylic acids is 1. The lowest BCUT2D eigenvalue weighted by Gasteiger charge is -2.29. The van der Waals surface area contributed by atoms with Crippen LogP contribution in [0, 0.1) is 5.92 Å². The molecule has 4 nitrogen and oxygen atoms in total. The molecule has 5 heteroatoms. The van der Waals surface area contributed by atoms with Crippen molar-refractivity contribution in [3.8, 4) is 0 Å². The smallest absolute Gasteiger partial charge is 0.239 e. The van der Waals surface area contributed by atoms with E-state index in [0.717, 1.165) is 25.4 Å². The van der Waals surface area contributed by atoms with Crippen molar-refractivity contribution >= 4 is 18.3 Å². The van der Waals surface area contributed by atoms with Gasteiger partial charge >= 0.3 is 0 Å². The van der Waals surface area contributed by atoms with E-state index in [9.17, 15) is 4.79 Å². The molecular weight excluding hydrogens is 264 g/mol. The first-order valence-corrected chi connectivity index (χ1v) is 7.40. The number of ether oxygens (including phenoxy) is 1. The van der Waals surface area contributed by atoms with E-state index >= 15 is 0 Å². The lowest BCUT2D eigenvalue weighted by atomic mass is 9.87. The second kappa shape index (κ2) is 8.77. The van der Waals surface area contributed by atoms with E-state index < -0.39 is 0 Å². The van der Waals surface area contributed by atoms with Crippen molar-refractivity contribution in [2.45, 2.75) is 57.6 Å². The molecule has 1 aliphatic heterocycles. The molecule has 2 N–H and O–H groups in total. The van der Waals surface area contributed by atoms with E-state index in [2.05, 4.69) is 10.6 Å². The summed E-state index contributed by atoms with van der Waals surface area (Å²) in [5, 5.41) is 6.27. The van der Waals surface area contributed by atoms with Crippen molar-refractivity contribution < 1.29 is 9.53 Å². The van der Waals surface area contributed by atoms with Crippen LogP contribution in [0.3, 0.4) is 0 Å². The lowest BCUT2D eigenvalue weighted by Crippen LogP contribution is -2.55. The molecular formula is C14H27ClN2O2. The molecule has 0 bridgehead atoms. The van der Waals surface area contributed by atoms with Crippen LogP contribution in [0.1, 0.15) is 45.4 Å². The van der Waals surface area contributed by atoms with E-state index in [1.54, 1.807) is 0 Å². The van der Waals surface area contributed by atoms with Gasteiger partial charge in [-0.15, -0.1) is 12.4 Å². The zero-order valence-electron chi connectivity index (χ0n) is 11.8. The molecule has 1 aliphatic carbocycles. The molecule has 0 aromatic rings. The second-order valence-electron chi connectivity index (χ2n) is 5.59. The number of morpholine rings is 1. The zero-order chi connectivity index (χ0) is 12.8. The third-order valence-corrected chi connectivity index (χ3v) is 4.18.